The van der Waals surface area contributed by atoms with Crippen LogP contribution in [0.4, 0.5) is 5.69 Å². The zero-order valence-electron chi connectivity index (χ0n) is 21.4. The molecule has 6 nitrogen and oxygen atoms in total. The number of anilines is 1. The smallest absolute Gasteiger partial charge is 0.248 e. The van der Waals surface area contributed by atoms with Crippen molar-refractivity contribution in [2.45, 2.75) is 33.9 Å². The number of ether oxygens (including phenoxy) is 2. The molecule has 0 aliphatic heterocycles. The van der Waals surface area contributed by atoms with Crippen LogP contribution in [-0.4, -0.2) is 22.8 Å². The Morgan fingerprint density at radius 2 is 1.78 bits per heavy atom. The number of benzene rings is 3. The number of hydrogen-bond donors (Lipinski definition) is 1. The van der Waals surface area contributed by atoms with Crippen LogP contribution >= 0.6 is 15.9 Å². The molecule has 1 aromatic heterocycles. The molecule has 7 heteroatoms. The minimum Gasteiger partial charge on any atom is -0.496 e. The van der Waals surface area contributed by atoms with E-state index < -0.39 is 0 Å². The van der Waals surface area contributed by atoms with Crippen molar-refractivity contribution in [2.75, 3.05) is 12.4 Å². The lowest BCUT2D eigenvalue weighted by atomic mass is 10.1. The van der Waals surface area contributed by atoms with Gasteiger partial charge in [-0.3, -0.25) is 9.48 Å². The molecule has 3 aromatic carbocycles. The van der Waals surface area contributed by atoms with E-state index in [1.54, 1.807) is 13.2 Å². The number of aromatic nitrogens is 2. The molecule has 1 N–H and O–H groups in total. The molecule has 0 spiro atoms. The monoisotopic (exact) mass is 559 g/mol. The second kappa shape index (κ2) is 11.9. The molecular weight excluding hydrogens is 530 g/mol. The van der Waals surface area contributed by atoms with Crippen molar-refractivity contribution in [3.63, 3.8) is 0 Å². The van der Waals surface area contributed by atoms with Crippen LogP contribution in [0.5, 0.6) is 11.5 Å². The Morgan fingerprint density at radius 3 is 2.51 bits per heavy atom. The van der Waals surface area contributed by atoms with Crippen LogP contribution in [-0.2, 0) is 17.9 Å². The molecule has 37 heavy (non-hydrogen) atoms. The summed E-state index contributed by atoms with van der Waals surface area (Å²) in [4.78, 5) is 12.8. The van der Waals surface area contributed by atoms with E-state index in [1.807, 2.05) is 73.1 Å². The summed E-state index contributed by atoms with van der Waals surface area (Å²) in [5.41, 5.74) is 6.60. The van der Waals surface area contributed by atoms with Crippen LogP contribution in [0.25, 0.3) is 6.08 Å². The van der Waals surface area contributed by atoms with Gasteiger partial charge in [0.05, 0.1) is 30.7 Å². The second-order valence-electron chi connectivity index (χ2n) is 8.77. The molecule has 0 fully saturated rings. The molecule has 4 rings (SSSR count). The van der Waals surface area contributed by atoms with Gasteiger partial charge in [-0.25, -0.2) is 0 Å². The molecular formula is C30H30BrN3O3. The van der Waals surface area contributed by atoms with Gasteiger partial charge in [-0.05, 0) is 79.9 Å². The first kappa shape index (κ1) is 26.2. The average Bonchev–Trinajstić information content (AvgIpc) is 3.15. The van der Waals surface area contributed by atoms with E-state index in [1.165, 1.54) is 17.2 Å². The fraction of sp³-hybridized carbons (Fsp3) is 0.200. The van der Waals surface area contributed by atoms with Crippen molar-refractivity contribution in [1.82, 2.24) is 9.78 Å². The minimum absolute atomic E-state index is 0.217. The highest BCUT2D eigenvalue weighted by atomic mass is 79.9. The van der Waals surface area contributed by atoms with Gasteiger partial charge in [-0.2, -0.15) is 5.10 Å². The number of methoxy groups -OCH3 is 1. The number of amides is 1. The molecule has 4 aromatic rings. The molecule has 0 saturated carbocycles. The summed E-state index contributed by atoms with van der Waals surface area (Å²) in [5, 5.41) is 7.64. The molecule has 0 unspecified atom stereocenters. The number of aryl methyl sites for hydroxylation is 2. The Hall–Kier alpha value is -3.84. The maximum absolute atomic E-state index is 12.8. The van der Waals surface area contributed by atoms with Gasteiger partial charge in [0.2, 0.25) is 5.91 Å². The fourth-order valence-electron chi connectivity index (χ4n) is 4.02. The van der Waals surface area contributed by atoms with E-state index in [4.69, 9.17) is 9.47 Å². The summed E-state index contributed by atoms with van der Waals surface area (Å²) in [7, 11) is 1.63. The topological polar surface area (TPSA) is 65.4 Å². The highest BCUT2D eigenvalue weighted by molar-refractivity contribution is 9.10. The summed E-state index contributed by atoms with van der Waals surface area (Å²) in [6.07, 6.45) is 3.30. The predicted molar refractivity (Wildman–Crippen MR) is 151 cm³/mol. The molecule has 0 aliphatic carbocycles. The highest BCUT2D eigenvalue weighted by Gasteiger charge is 2.14. The van der Waals surface area contributed by atoms with Gasteiger partial charge in [0, 0.05) is 16.1 Å². The van der Waals surface area contributed by atoms with Crippen molar-refractivity contribution in [3.05, 3.63) is 111 Å². The minimum atomic E-state index is -0.217. The number of carbonyl (C=O) groups is 1. The van der Waals surface area contributed by atoms with E-state index in [9.17, 15) is 4.79 Å². The summed E-state index contributed by atoms with van der Waals surface area (Å²) in [6, 6.07) is 21.6. The van der Waals surface area contributed by atoms with E-state index >= 15 is 0 Å². The Morgan fingerprint density at radius 1 is 1.03 bits per heavy atom. The molecule has 0 aliphatic rings. The zero-order valence-corrected chi connectivity index (χ0v) is 23.0. The quantitative estimate of drug-likeness (QED) is 0.227. The zero-order chi connectivity index (χ0) is 26.4. The van der Waals surface area contributed by atoms with Crippen molar-refractivity contribution < 1.29 is 14.3 Å². The molecule has 0 bridgehead atoms. The lowest BCUT2D eigenvalue weighted by molar-refractivity contribution is -0.111. The molecule has 0 radical (unpaired) electrons. The van der Waals surface area contributed by atoms with Gasteiger partial charge in [0.25, 0.3) is 0 Å². The highest BCUT2D eigenvalue weighted by Crippen LogP contribution is 2.25. The van der Waals surface area contributed by atoms with Gasteiger partial charge >= 0.3 is 0 Å². The molecule has 1 heterocycles. The van der Waals surface area contributed by atoms with Gasteiger partial charge < -0.3 is 14.8 Å². The van der Waals surface area contributed by atoms with Gasteiger partial charge in [0.15, 0.2) is 0 Å². The SMILES string of the molecule is COc1ccc(/C=C\C(=O)Nc2c(C)nn(Cc3ccccc3C)c2C)cc1COc1ccc(Br)cc1. The molecule has 1 amide bonds. The maximum atomic E-state index is 12.8. The van der Waals surface area contributed by atoms with Crippen LogP contribution in [0.3, 0.4) is 0 Å². The largest absolute Gasteiger partial charge is 0.496 e. The number of nitrogens with zero attached hydrogens (tertiary/aromatic N) is 2. The lowest BCUT2D eigenvalue weighted by Crippen LogP contribution is -2.10. The standard InChI is InChI=1S/C30H30BrN3O3/c1-20-7-5-6-8-24(20)18-34-22(3)30(21(2)33-34)32-29(35)16-10-23-9-15-28(36-4)25(17-23)19-37-27-13-11-26(31)12-14-27/h5-17H,18-19H2,1-4H3,(H,32,35)/b16-10-. The lowest BCUT2D eigenvalue weighted by Gasteiger charge is -2.11. The Balaban J connectivity index is 1.43. The number of halogens is 1. The van der Waals surface area contributed by atoms with Gasteiger partial charge in [-0.1, -0.05) is 46.3 Å². The van der Waals surface area contributed by atoms with E-state index in [2.05, 4.69) is 45.4 Å². The fourth-order valence-corrected chi connectivity index (χ4v) is 4.29. The van der Waals surface area contributed by atoms with Crippen molar-refractivity contribution in [1.29, 1.82) is 0 Å². The Labute approximate surface area is 226 Å². The maximum Gasteiger partial charge on any atom is 0.248 e. The van der Waals surface area contributed by atoms with Crippen molar-refractivity contribution >= 4 is 33.6 Å². The molecule has 0 atom stereocenters. The first-order valence-electron chi connectivity index (χ1n) is 12.0. The van der Waals surface area contributed by atoms with Crippen LogP contribution in [0.2, 0.25) is 0 Å². The summed E-state index contributed by atoms with van der Waals surface area (Å²) < 4.78 is 14.3. The summed E-state index contributed by atoms with van der Waals surface area (Å²) in [5.74, 6) is 1.27. The van der Waals surface area contributed by atoms with Crippen LogP contribution in [0.15, 0.2) is 77.3 Å². The van der Waals surface area contributed by atoms with Crippen molar-refractivity contribution in [2.24, 2.45) is 0 Å². The summed E-state index contributed by atoms with van der Waals surface area (Å²) >= 11 is 3.43. The predicted octanol–water partition coefficient (Wildman–Crippen LogP) is 6.86. The average molecular weight is 560 g/mol. The molecule has 190 valence electrons. The van der Waals surface area contributed by atoms with Crippen molar-refractivity contribution in [3.8, 4) is 11.5 Å². The Bertz CT molecular complexity index is 1420. The van der Waals surface area contributed by atoms with Gasteiger partial charge in [-0.15, -0.1) is 0 Å². The first-order chi connectivity index (χ1) is 17.8. The number of carbonyl (C=O) groups excluding carboxylic acids is 1. The second-order valence-corrected chi connectivity index (χ2v) is 9.68. The Kier molecular flexibility index (Phi) is 8.46. The first-order valence-corrected chi connectivity index (χ1v) is 12.8. The normalized spacial score (nSPS) is 11.1. The number of hydrogen-bond acceptors (Lipinski definition) is 4. The third-order valence-corrected chi connectivity index (χ3v) is 6.68. The third-order valence-electron chi connectivity index (χ3n) is 6.15. The molecule has 0 saturated heterocycles. The van der Waals surface area contributed by atoms with Crippen LogP contribution in [0.1, 0.15) is 33.6 Å². The number of nitrogens with one attached hydrogen (secondary N) is 1. The van der Waals surface area contributed by atoms with E-state index in [-0.39, 0.29) is 5.91 Å². The van der Waals surface area contributed by atoms with E-state index in [0.29, 0.717) is 13.2 Å². The number of rotatable bonds is 9. The van der Waals surface area contributed by atoms with Gasteiger partial charge in [0.1, 0.15) is 18.1 Å². The van der Waals surface area contributed by atoms with Crippen LogP contribution < -0.4 is 14.8 Å². The third kappa shape index (κ3) is 6.68. The van der Waals surface area contributed by atoms with E-state index in [0.717, 1.165) is 44.2 Å². The summed E-state index contributed by atoms with van der Waals surface area (Å²) in [6.45, 7) is 6.96. The van der Waals surface area contributed by atoms with Crippen LogP contribution in [0, 0.1) is 20.8 Å².